The number of ether oxygens (including phenoxy) is 1. The summed E-state index contributed by atoms with van der Waals surface area (Å²) in [5, 5.41) is 8.93. The Labute approximate surface area is 158 Å². The summed E-state index contributed by atoms with van der Waals surface area (Å²) < 4.78 is 7.14. The lowest BCUT2D eigenvalue weighted by Gasteiger charge is -2.02. The lowest BCUT2D eigenvalue weighted by molar-refractivity contribution is 0.415. The Balaban J connectivity index is 1.78. The van der Waals surface area contributed by atoms with E-state index in [4.69, 9.17) is 9.72 Å². The number of aromatic nitrogens is 2. The topological polar surface area (TPSA) is 51.2 Å². The second-order valence-electron chi connectivity index (χ2n) is 6.16. The van der Waals surface area contributed by atoms with Gasteiger partial charge < -0.3 is 4.74 Å². The highest BCUT2D eigenvalue weighted by atomic mass is 16.5. The number of rotatable bonds is 5. The number of hydrogen-bond donors (Lipinski definition) is 0. The fraction of sp³-hybridized carbons (Fsp3) is 0.136. The van der Waals surface area contributed by atoms with E-state index in [0.29, 0.717) is 5.82 Å². The highest BCUT2D eigenvalue weighted by molar-refractivity contribution is 5.74. The van der Waals surface area contributed by atoms with Gasteiger partial charge in [0.25, 0.3) is 0 Å². The second-order valence-corrected chi connectivity index (χ2v) is 6.16. The van der Waals surface area contributed by atoms with E-state index in [2.05, 4.69) is 41.4 Å². The van der Waals surface area contributed by atoms with Crippen LogP contribution >= 0.6 is 0 Å². The normalized spacial score (nSPS) is 11.3. The van der Waals surface area contributed by atoms with Crippen molar-refractivity contribution >= 4 is 17.2 Å². The van der Waals surface area contributed by atoms with Crippen molar-refractivity contribution in [3.05, 3.63) is 78.5 Å². The first-order valence-electron chi connectivity index (χ1n) is 8.90. The number of aryl methyl sites for hydroxylation is 1. The third-order valence-corrected chi connectivity index (χ3v) is 4.47. The molecule has 5 heteroatoms. The Kier molecular flexibility index (Phi) is 4.66. The average molecular weight is 356 g/mol. The molecule has 0 aliphatic heterocycles. The predicted molar refractivity (Wildman–Crippen MR) is 107 cm³/mol. The predicted octanol–water partition coefficient (Wildman–Crippen LogP) is 5.99. The molecule has 0 radical (unpaired) electrons. The van der Waals surface area contributed by atoms with E-state index in [1.54, 1.807) is 7.11 Å². The van der Waals surface area contributed by atoms with Crippen molar-refractivity contribution in [3.8, 4) is 17.0 Å². The van der Waals surface area contributed by atoms with Crippen LogP contribution < -0.4 is 4.74 Å². The van der Waals surface area contributed by atoms with Crippen LogP contribution in [0.25, 0.3) is 16.9 Å². The van der Waals surface area contributed by atoms with Crippen LogP contribution in [0.5, 0.6) is 5.75 Å². The average Bonchev–Trinajstić information content (AvgIpc) is 3.11. The van der Waals surface area contributed by atoms with Crippen LogP contribution in [-0.4, -0.2) is 16.5 Å². The Morgan fingerprint density at radius 3 is 2.41 bits per heavy atom. The number of methoxy groups -OCH3 is 1. The van der Waals surface area contributed by atoms with Crippen LogP contribution in [0.2, 0.25) is 0 Å². The highest BCUT2D eigenvalue weighted by Crippen LogP contribution is 2.32. The van der Waals surface area contributed by atoms with E-state index in [-0.39, 0.29) is 0 Å². The quantitative estimate of drug-likeness (QED) is 0.413. The molecule has 0 saturated carbocycles. The van der Waals surface area contributed by atoms with Gasteiger partial charge in [-0.1, -0.05) is 37.3 Å². The van der Waals surface area contributed by atoms with E-state index < -0.39 is 0 Å². The largest absolute Gasteiger partial charge is 0.497 e. The fourth-order valence-electron chi connectivity index (χ4n) is 2.92. The molecule has 0 atom stereocenters. The summed E-state index contributed by atoms with van der Waals surface area (Å²) in [4.78, 5) is 4.77. The third kappa shape index (κ3) is 3.44. The molecule has 0 unspecified atom stereocenters. The first kappa shape index (κ1) is 17.0. The first-order chi connectivity index (χ1) is 13.3. The maximum absolute atomic E-state index is 5.19. The Hall–Kier alpha value is -3.47. The molecule has 0 bridgehead atoms. The zero-order valence-corrected chi connectivity index (χ0v) is 15.3. The molecular weight excluding hydrogens is 336 g/mol. The molecule has 0 aliphatic rings. The number of hydrogen-bond acceptors (Lipinski definition) is 4. The molecule has 0 fully saturated rings. The van der Waals surface area contributed by atoms with Crippen molar-refractivity contribution in [1.82, 2.24) is 9.38 Å². The summed E-state index contributed by atoms with van der Waals surface area (Å²) >= 11 is 0. The van der Waals surface area contributed by atoms with Crippen molar-refractivity contribution in [2.24, 2.45) is 10.2 Å². The highest BCUT2D eigenvalue weighted by Gasteiger charge is 2.13. The molecule has 4 rings (SSSR count). The fourth-order valence-corrected chi connectivity index (χ4v) is 2.92. The van der Waals surface area contributed by atoms with E-state index >= 15 is 0 Å². The van der Waals surface area contributed by atoms with Gasteiger partial charge in [-0.15, -0.1) is 10.2 Å². The summed E-state index contributed by atoms with van der Waals surface area (Å²) in [6.07, 6.45) is 2.96. The monoisotopic (exact) mass is 356 g/mol. The van der Waals surface area contributed by atoms with Crippen LogP contribution in [0.4, 0.5) is 11.5 Å². The van der Waals surface area contributed by atoms with Crippen molar-refractivity contribution in [2.75, 3.05) is 7.11 Å². The molecule has 0 amide bonds. The van der Waals surface area contributed by atoms with Crippen LogP contribution in [-0.2, 0) is 6.42 Å². The smallest absolute Gasteiger partial charge is 0.187 e. The van der Waals surface area contributed by atoms with Crippen LogP contribution in [0.3, 0.4) is 0 Å². The van der Waals surface area contributed by atoms with Gasteiger partial charge in [0.15, 0.2) is 5.82 Å². The zero-order valence-electron chi connectivity index (χ0n) is 15.3. The van der Waals surface area contributed by atoms with Crippen molar-refractivity contribution in [1.29, 1.82) is 0 Å². The molecule has 2 heterocycles. The van der Waals surface area contributed by atoms with Gasteiger partial charge in [0.2, 0.25) is 0 Å². The SMILES string of the molecule is CCc1ccc(-c2nc3ccccn3c2N=Nc2ccc(OC)cc2)cc1. The molecule has 2 aromatic carbocycles. The third-order valence-electron chi connectivity index (χ3n) is 4.47. The van der Waals surface area contributed by atoms with Crippen molar-refractivity contribution in [3.63, 3.8) is 0 Å². The molecule has 5 nitrogen and oxygen atoms in total. The number of benzene rings is 2. The summed E-state index contributed by atoms with van der Waals surface area (Å²) in [5.74, 6) is 1.51. The summed E-state index contributed by atoms with van der Waals surface area (Å²) in [6.45, 7) is 2.15. The van der Waals surface area contributed by atoms with Crippen molar-refractivity contribution in [2.45, 2.75) is 13.3 Å². The molecule has 0 spiro atoms. The van der Waals surface area contributed by atoms with Crippen LogP contribution in [0.15, 0.2) is 83.2 Å². The zero-order chi connectivity index (χ0) is 18.6. The number of pyridine rings is 1. The maximum atomic E-state index is 5.19. The standard InChI is InChI=1S/C22H20N4O/c1-3-16-7-9-17(10-8-16)21-22(26-15-5-4-6-20(26)23-21)25-24-18-11-13-19(27-2)14-12-18/h4-15H,3H2,1-2H3. The Bertz CT molecular complexity index is 1080. The van der Waals surface area contributed by atoms with Crippen LogP contribution in [0, 0.1) is 0 Å². The molecule has 134 valence electrons. The van der Waals surface area contributed by atoms with Gasteiger partial charge in [-0.2, -0.15) is 0 Å². The van der Waals surface area contributed by atoms with E-state index in [1.807, 2.05) is 53.1 Å². The van der Waals surface area contributed by atoms with Gasteiger partial charge in [-0.3, -0.25) is 4.40 Å². The van der Waals surface area contributed by atoms with Gasteiger partial charge in [0.05, 0.1) is 12.8 Å². The molecule has 0 aliphatic carbocycles. The minimum atomic E-state index is 0.714. The Morgan fingerprint density at radius 1 is 0.926 bits per heavy atom. The number of imidazole rings is 1. The molecule has 4 aromatic rings. The number of azo groups is 1. The number of fused-ring (bicyclic) bond motifs is 1. The molecule has 0 saturated heterocycles. The summed E-state index contributed by atoms with van der Waals surface area (Å²) in [5.41, 5.74) is 4.74. The molecule has 27 heavy (non-hydrogen) atoms. The van der Waals surface area contributed by atoms with Gasteiger partial charge in [0.1, 0.15) is 17.1 Å². The van der Waals surface area contributed by atoms with E-state index in [1.165, 1.54) is 5.56 Å². The lowest BCUT2D eigenvalue weighted by Crippen LogP contribution is -1.83. The lowest BCUT2D eigenvalue weighted by atomic mass is 10.1. The molecule has 2 aromatic heterocycles. The molecular formula is C22H20N4O. The van der Waals surface area contributed by atoms with E-state index in [9.17, 15) is 0 Å². The summed E-state index contributed by atoms with van der Waals surface area (Å²) in [7, 11) is 1.64. The van der Waals surface area contributed by atoms with Gasteiger partial charge in [0, 0.05) is 11.8 Å². The number of nitrogens with zero attached hydrogens (tertiary/aromatic N) is 4. The molecule has 0 N–H and O–H groups in total. The van der Waals surface area contributed by atoms with Crippen LogP contribution in [0.1, 0.15) is 12.5 Å². The second kappa shape index (κ2) is 7.41. The van der Waals surface area contributed by atoms with Gasteiger partial charge >= 0.3 is 0 Å². The summed E-state index contributed by atoms with van der Waals surface area (Å²) in [6, 6.07) is 21.8. The maximum Gasteiger partial charge on any atom is 0.187 e. The van der Waals surface area contributed by atoms with Gasteiger partial charge in [-0.05, 0) is 48.4 Å². The Morgan fingerprint density at radius 2 is 1.70 bits per heavy atom. The minimum absolute atomic E-state index is 0.714. The van der Waals surface area contributed by atoms with Gasteiger partial charge in [-0.25, -0.2) is 4.98 Å². The first-order valence-corrected chi connectivity index (χ1v) is 8.90. The van der Waals surface area contributed by atoms with E-state index in [0.717, 1.165) is 34.8 Å². The van der Waals surface area contributed by atoms with Crippen molar-refractivity contribution < 1.29 is 4.74 Å². The minimum Gasteiger partial charge on any atom is -0.497 e.